The van der Waals surface area contributed by atoms with Gasteiger partial charge in [0.2, 0.25) is 0 Å². The normalized spacial score (nSPS) is 22.3. The summed E-state index contributed by atoms with van der Waals surface area (Å²) in [6.45, 7) is 0. The molecule has 1 aromatic carbocycles. The second-order valence-corrected chi connectivity index (χ2v) is 5.10. The van der Waals surface area contributed by atoms with E-state index in [1.54, 1.807) is 0 Å². The summed E-state index contributed by atoms with van der Waals surface area (Å²) in [5.74, 6) is -1.56. The fourth-order valence-corrected chi connectivity index (χ4v) is 2.07. The highest BCUT2D eigenvalue weighted by Crippen LogP contribution is 2.43. The number of carbonyl (C=O) groups excluding carboxylic acids is 1. The molecule has 0 spiro atoms. The van der Waals surface area contributed by atoms with Crippen LogP contribution in [0.25, 0.3) is 0 Å². The first-order valence-electron chi connectivity index (χ1n) is 5.90. The first kappa shape index (κ1) is 17.5. The number of carbonyl (C=O) groups is 1. The van der Waals surface area contributed by atoms with E-state index in [1.807, 2.05) is 0 Å². The van der Waals surface area contributed by atoms with Crippen LogP contribution in [0.1, 0.15) is 16.8 Å². The van der Waals surface area contributed by atoms with Crippen LogP contribution in [0.15, 0.2) is 29.4 Å². The van der Waals surface area contributed by atoms with Crippen molar-refractivity contribution in [2.45, 2.75) is 24.5 Å². The van der Waals surface area contributed by atoms with Crippen LogP contribution in [0.4, 0.5) is 26.3 Å². The van der Waals surface area contributed by atoms with Gasteiger partial charge in [0.25, 0.3) is 11.6 Å². The van der Waals surface area contributed by atoms with Crippen LogP contribution < -0.4 is 0 Å². The molecule has 1 heterocycles. The van der Waals surface area contributed by atoms with E-state index in [9.17, 15) is 36.2 Å². The first-order chi connectivity index (χ1) is 10.4. The van der Waals surface area contributed by atoms with E-state index in [0.717, 1.165) is 12.1 Å². The average Bonchev–Trinajstić information content (AvgIpc) is 2.77. The van der Waals surface area contributed by atoms with Crippen molar-refractivity contribution in [1.29, 1.82) is 0 Å². The number of halogens is 7. The molecule has 126 valence electrons. The lowest BCUT2D eigenvalue weighted by atomic mass is 10.1. The third-order valence-electron chi connectivity index (χ3n) is 3.03. The Morgan fingerprint density at radius 3 is 2.35 bits per heavy atom. The van der Waals surface area contributed by atoms with Crippen LogP contribution in [0.2, 0.25) is 5.02 Å². The molecule has 1 amide bonds. The van der Waals surface area contributed by atoms with Crippen molar-refractivity contribution in [2.24, 2.45) is 5.10 Å². The van der Waals surface area contributed by atoms with Gasteiger partial charge < -0.3 is 5.11 Å². The van der Waals surface area contributed by atoms with Crippen LogP contribution in [0.5, 0.6) is 0 Å². The number of hydrazone groups is 1. The largest absolute Gasteiger partial charge is 0.438 e. The molecule has 0 aliphatic carbocycles. The fourth-order valence-electron chi connectivity index (χ4n) is 1.88. The molecule has 1 aliphatic rings. The minimum atomic E-state index is -5.54. The molecular weight excluding hydrogens is 354 g/mol. The summed E-state index contributed by atoms with van der Waals surface area (Å²) < 4.78 is 76.9. The SMILES string of the molecule is O=C(c1cccc(Cl)c1)N1N=C(C(F)(F)F)CC1(O)C(F)(F)F. The maximum Gasteiger partial charge on any atom is 0.438 e. The fraction of sp³-hybridized carbons (Fsp3) is 0.333. The number of alkyl halides is 6. The third kappa shape index (κ3) is 3.13. The minimum absolute atomic E-state index is 0.0226. The lowest BCUT2D eigenvalue weighted by Gasteiger charge is -2.32. The number of hydrogen-bond donors (Lipinski definition) is 1. The van der Waals surface area contributed by atoms with Crippen LogP contribution in [-0.2, 0) is 0 Å². The lowest BCUT2D eigenvalue weighted by molar-refractivity contribution is -0.297. The highest BCUT2D eigenvalue weighted by Gasteiger charge is 2.66. The summed E-state index contributed by atoms with van der Waals surface area (Å²) in [6.07, 6.45) is -12.7. The Balaban J connectivity index is 2.50. The van der Waals surface area contributed by atoms with Crippen LogP contribution in [-0.4, -0.2) is 39.8 Å². The monoisotopic (exact) mass is 360 g/mol. The molecule has 0 aromatic heterocycles. The summed E-state index contributed by atoms with van der Waals surface area (Å²) in [5, 5.41) is 11.7. The quantitative estimate of drug-likeness (QED) is 0.781. The second kappa shape index (κ2) is 5.38. The maximum atomic E-state index is 13.0. The molecule has 11 heteroatoms. The van der Waals surface area contributed by atoms with Crippen LogP contribution in [0.3, 0.4) is 0 Å². The van der Waals surface area contributed by atoms with Crippen molar-refractivity contribution >= 4 is 23.2 Å². The van der Waals surface area contributed by atoms with E-state index in [-0.39, 0.29) is 5.02 Å². The summed E-state index contributed by atoms with van der Waals surface area (Å²) in [6, 6.07) is 4.50. The average molecular weight is 361 g/mol. The molecule has 1 aromatic rings. The number of benzene rings is 1. The molecule has 0 fully saturated rings. The predicted molar refractivity (Wildman–Crippen MR) is 66.7 cm³/mol. The Morgan fingerprint density at radius 2 is 1.87 bits per heavy atom. The van der Waals surface area contributed by atoms with Crippen molar-refractivity contribution in [2.75, 3.05) is 0 Å². The molecule has 1 aliphatic heterocycles. The standard InChI is InChI=1S/C12H7ClF6N2O2/c13-7-3-1-2-6(4-7)9(22)21-10(23,12(17,18)19)5-8(20-21)11(14,15)16/h1-4,23H,5H2. The molecule has 0 saturated carbocycles. The molecular formula is C12H7ClF6N2O2. The van der Waals surface area contributed by atoms with E-state index >= 15 is 0 Å². The summed E-state index contributed by atoms with van der Waals surface area (Å²) in [7, 11) is 0. The molecule has 0 radical (unpaired) electrons. The molecule has 1 atom stereocenters. The van der Waals surface area contributed by atoms with Crippen molar-refractivity contribution in [3.63, 3.8) is 0 Å². The Morgan fingerprint density at radius 1 is 1.26 bits per heavy atom. The van der Waals surface area contributed by atoms with Gasteiger partial charge in [0.1, 0.15) is 5.71 Å². The zero-order chi connectivity index (χ0) is 17.6. The Labute approximate surface area is 129 Å². The topological polar surface area (TPSA) is 52.9 Å². The van der Waals surface area contributed by atoms with E-state index in [0.29, 0.717) is 0 Å². The number of amides is 1. The van der Waals surface area contributed by atoms with Crippen molar-refractivity contribution in [3.8, 4) is 0 Å². The highest BCUT2D eigenvalue weighted by atomic mass is 35.5. The Kier molecular flexibility index (Phi) is 4.10. The molecule has 0 saturated heterocycles. The van der Waals surface area contributed by atoms with Gasteiger partial charge in [0, 0.05) is 10.6 Å². The number of rotatable bonds is 1. The zero-order valence-corrected chi connectivity index (χ0v) is 11.7. The molecule has 2 rings (SSSR count). The van der Waals surface area contributed by atoms with Gasteiger partial charge in [-0.05, 0) is 18.2 Å². The minimum Gasteiger partial charge on any atom is -0.362 e. The van der Waals surface area contributed by atoms with Gasteiger partial charge in [0.05, 0.1) is 6.42 Å². The number of aliphatic hydroxyl groups is 1. The van der Waals surface area contributed by atoms with E-state index in [4.69, 9.17) is 11.6 Å². The molecule has 0 bridgehead atoms. The third-order valence-corrected chi connectivity index (χ3v) is 3.27. The summed E-state index contributed by atoms with van der Waals surface area (Å²) in [5.41, 5.74) is -6.45. The predicted octanol–water partition coefficient (Wildman–Crippen LogP) is 3.36. The molecule has 1 N–H and O–H groups in total. The zero-order valence-electron chi connectivity index (χ0n) is 10.9. The van der Waals surface area contributed by atoms with Gasteiger partial charge in [-0.25, -0.2) is 0 Å². The van der Waals surface area contributed by atoms with Crippen LogP contribution in [0, 0.1) is 0 Å². The van der Waals surface area contributed by atoms with Crippen molar-refractivity contribution < 1.29 is 36.2 Å². The summed E-state index contributed by atoms with van der Waals surface area (Å²) >= 11 is 5.59. The highest BCUT2D eigenvalue weighted by molar-refractivity contribution is 6.31. The second-order valence-electron chi connectivity index (χ2n) is 4.66. The van der Waals surface area contributed by atoms with Crippen molar-refractivity contribution in [3.05, 3.63) is 34.9 Å². The van der Waals surface area contributed by atoms with Gasteiger partial charge in [-0.15, -0.1) is 0 Å². The Hall–Kier alpha value is -1.81. The van der Waals surface area contributed by atoms with Gasteiger partial charge >= 0.3 is 12.4 Å². The Bertz CT molecular complexity index is 672. The lowest BCUT2D eigenvalue weighted by Crippen LogP contribution is -2.56. The maximum absolute atomic E-state index is 13.0. The smallest absolute Gasteiger partial charge is 0.362 e. The van der Waals surface area contributed by atoms with E-state index < -0.39 is 46.7 Å². The molecule has 4 nitrogen and oxygen atoms in total. The number of nitrogens with zero attached hydrogens (tertiary/aromatic N) is 2. The molecule has 1 unspecified atom stereocenters. The van der Waals surface area contributed by atoms with Gasteiger partial charge in [-0.1, -0.05) is 17.7 Å². The first-order valence-corrected chi connectivity index (χ1v) is 6.28. The van der Waals surface area contributed by atoms with E-state index in [2.05, 4.69) is 5.10 Å². The van der Waals surface area contributed by atoms with Gasteiger partial charge in [-0.3, -0.25) is 4.79 Å². The van der Waals surface area contributed by atoms with Crippen molar-refractivity contribution in [1.82, 2.24) is 5.01 Å². The van der Waals surface area contributed by atoms with Gasteiger partial charge in [0.15, 0.2) is 0 Å². The van der Waals surface area contributed by atoms with Crippen LogP contribution >= 0.6 is 11.6 Å². The number of hydrogen-bond acceptors (Lipinski definition) is 3. The van der Waals surface area contributed by atoms with Gasteiger partial charge in [-0.2, -0.15) is 36.5 Å². The molecule has 23 heavy (non-hydrogen) atoms. The van der Waals surface area contributed by atoms with E-state index in [1.165, 1.54) is 12.1 Å². The summed E-state index contributed by atoms with van der Waals surface area (Å²) in [4.78, 5) is 12.1.